The molecule has 1 N–H and O–H groups in total. The van der Waals surface area contributed by atoms with Crippen LogP contribution in [-0.4, -0.2) is 52.2 Å². The largest absolute Gasteiger partial charge is 0.378 e. The summed E-state index contributed by atoms with van der Waals surface area (Å²) in [6.45, 7) is 7.78. The number of aryl methyl sites for hydroxylation is 1. The molecule has 1 aromatic heterocycles. The number of hydrogen-bond acceptors (Lipinski definition) is 6. The third kappa shape index (κ3) is 5.45. The predicted octanol–water partition coefficient (Wildman–Crippen LogP) is 3.59. The number of hydrogen-bond donors (Lipinski definition) is 1. The van der Waals surface area contributed by atoms with Crippen molar-refractivity contribution < 1.29 is 9.53 Å². The fourth-order valence-electron chi connectivity index (χ4n) is 3.43. The van der Waals surface area contributed by atoms with Crippen LogP contribution >= 0.6 is 11.8 Å². The van der Waals surface area contributed by atoms with Gasteiger partial charge in [-0.3, -0.25) is 4.79 Å². The number of ether oxygens (including phenoxy) is 1. The minimum absolute atomic E-state index is 0.0592. The molecule has 1 atom stereocenters. The first-order chi connectivity index (χ1) is 15.1. The van der Waals surface area contributed by atoms with Crippen LogP contribution in [0.15, 0.2) is 59.8 Å². The predicted molar refractivity (Wildman–Crippen MR) is 124 cm³/mol. The van der Waals surface area contributed by atoms with E-state index in [1.54, 1.807) is 0 Å². The highest BCUT2D eigenvalue weighted by atomic mass is 32.2. The molecular formula is C23H27N5O2S. The summed E-state index contributed by atoms with van der Waals surface area (Å²) >= 11 is 1.42. The highest BCUT2D eigenvalue weighted by molar-refractivity contribution is 8.00. The lowest BCUT2D eigenvalue weighted by atomic mass is 10.2. The summed E-state index contributed by atoms with van der Waals surface area (Å²) in [5, 5.41) is 11.9. The number of carbonyl (C=O) groups is 1. The van der Waals surface area contributed by atoms with E-state index in [4.69, 9.17) is 4.74 Å². The first-order valence-electron chi connectivity index (χ1n) is 10.4. The minimum Gasteiger partial charge on any atom is -0.378 e. The molecule has 0 saturated carbocycles. The van der Waals surface area contributed by atoms with Gasteiger partial charge in [-0.15, -0.1) is 10.2 Å². The van der Waals surface area contributed by atoms with Crippen LogP contribution in [0.3, 0.4) is 0 Å². The molecule has 3 aromatic rings. The fourth-order valence-corrected chi connectivity index (χ4v) is 4.32. The molecule has 0 spiro atoms. The standard InChI is InChI=1S/C23H27N5O2S/c1-17(31-23-26-25-18(2)28(23)16-19-6-4-3-5-7-19)22(29)24-20-8-10-21(11-9-20)27-12-14-30-15-13-27/h3-11,17H,12-16H2,1-2H3,(H,24,29)/t17-/m0/s1. The van der Waals surface area contributed by atoms with E-state index in [-0.39, 0.29) is 11.2 Å². The average Bonchev–Trinajstić information content (AvgIpc) is 3.14. The number of carbonyl (C=O) groups excluding carboxylic acids is 1. The summed E-state index contributed by atoms with van der Waals surface area (Å²) in [7, 11) is 0. The molecule has 1 amide bonds. The van der Waals surface area contributed by atoms with Gasteiger partial charge in [0.15, 0.2) is 5.16 Å². The van der Waals surface area contributed by atoms with Crippen LogP contribution in [0, 0.1) is 6.92 Å². The van der Waals surface area contributed by atoms with E-state index >= 15 is 0 Å². The summed E-state index contributed by atoms with van der Waals surface area (Å²) in [6.07, 6.45) is 0. The van der Waals surface area contributed by atoms with E-state index in [9.17, 15) is 4.79 Å². The molecule has 2 aromatic carbocycles. The van der Waals surface area contributed by atoms with Gasteiger partial charge in [-0.05, 0) is 43.7 Å². The summed E-state index contributed by atoms with van der Waals surface area (Å²) in [4.78, 5) is 15.1. The van der Waals surface area contributed by atoms with Gasteiger partial charge < -0.3 is 19.5 Å². The quantitative estimate of drug-likeness (QED) is 0.570. The zero-order chi connectivity index (χ0) is 21.6. The van der Waals surface area contributed by atoms with Crippen molar-refractivity contribution in [2.75, 3.05) is 36.5 Å². The minimum atomic E-state index is -0.308. The van der Waals surface area contributed by atoms with Crippen molar-refractivity contribution in [3.8, 4) is 0 Å². The molecule has 1 aliphatic rings. The molecule has 4 rings (SSSR count). The van der Waals surface area contributed by atoms with Gasteiger partial charge in [0.05, 0.1) is 25.0 Å². The first kappa shape index (κ1) is 21.4. The van der Waals surface area contributed by atoms with Crippen molar-refractivity contribution in [1.82, 2.24) is 14.8 Å². The van der Waals surface area contributed by atoms with E-state index < -0.39 is 0 Å². The third-order valence-electron chi connectivity index (χ3n) is 5.25. The Balaban J connectivity index is 1.37. The SMILES string of the molecule is Cc1nnc(S[C@@H](C)C(=O)Nc2ccc(N3CCOCC3)cc2)n1Cc1ccccc1. The Morgan fingerprint density at radius 1 is 1.10 bits per heavy atom. The van der Waals surface area contributed by atoms with Gasteiger partial charge in [0, 0.05) is 24.5 Å². The van der Waals surface area contributed by atoms with Gasteiger partial charge in [0.25, 0.3) is 0 Å². The summed E-state index contributed by atoms with van der Waals surface area (Å²) in [5.74, 6) is 0.772. The van der Waals surface area contributed by atoms with Crippen LogP contribution < -0.4 is 10.2 Å². The Morgan fingerprint density at radius 3 is 2.52 bits per heavy atom. The molecule has 1 fully saturated rings. The molecule has 31 heavy (non-hydrogen) atoms. The van der Waals surface area contributed by atoms with Crippen LogP contribution in [0.5, 0.6) is 0 Å². The topological polar surface area (TPSA) is 72.3 Å². The number of nitrogens with one attached hydrogen (secondary N) is 1. The van der Waals surface area contributed by atoms with Crippen molar-refractivity contribution >= 4 is 29.0 Å². The molecule has 0 bridgehead atoms. The first-order valence-corrected chi connectivity index (χ1v) is 11.3. The van der Waals surface area contributed by atoms with Crippen LogP contribution in [0.25, 0.3) is 0 Å². The highest BCUT2D eigenvalue weighted by Gasteiger charge is 2.20. The van der Waals surface area contributed by atoms with Gasteiger partial charge in [0.2, 0.25) is 5.91 Å². The molecule has 1 saturated heterocycles. The normalized spacial score (nSPS) is 15.0. The summed E-state index contributed by atoms with van der Waals surface area (Å²) in [6, 6.07) is 18.2. The fraction of sp³-hybridized carbons (Fsp3) is 0.348. The maximum atomic E-state index is 12.8. The number of rotatable bonds is 7. The summed E-state index contributed by atoms with van der Waals surface area (Å²) in [5.41, 5.74) is 3.11. The number of amides is 1. The Hall–Kier alpha value is -2.84. The molecule has 8 heteroatoms. The van der Waals surface area contributed by atoms with Gasteiger partial charge in [-0.2, -0.15) is 0 Å². The second-order valence-electron chi connectivity index (χ2n) is 7.50. The monoisotopic (exact) mass is 437 g/mol. The molecule has 7 nitrogen and oxygen atoms in total. The van der Waals surface area contributed by atoms with Gasteiger partial charge in [-0.25, -0.2) is 0 Å². The molecule has 1 aliphatic heterocycles. The third-order valence-corrected chi connectivity index (χ3v) is 6.33. The van der Waals surface area contributed by atoms with Crippen LogP contribution in [0.2, 0.25) is 0 Å². The van der Waals surface area contributed by atoms with Crippen molar-refractivity contribution in [3.63, 3.8) is 0 Å². The molecule has 0 radical (unpaired) electrons. The van der Waals surface area contributed by atoms with E-state index in [2.05, 4.69) is 32.5 Å². The van der Waals surface area contributed by atoms with Crippen molar-refractivity contribution in [2.24, 2.45) is 0 Å². The van der Waals surface area contributed by atoms with Crippen LogP contribution in [-0.2, 0) is 16.1 Å². The zero-order valence-electron chi connectivity index (χ0n) is 17.8. The van der Waals surface area contributed by atoms with Crippen molar-refractivity contribution in [3.05, 3.63) is 66.0 Å². The molecule has 0 unspecified atom stereocenters. The summed E-state index contributed by atoms with van der Waals surface area (Å²) < 4.78 is 7.45. The molecule has 162 valence electrons. The number of benzene rings is 2. The van der Waals surface area contributed by atoms with Crippen LogP contribution in [0.4, 0.5) is 11.4 Å². The lowest BCUT2D eigenvalue weighted by Gasteiger charge is -2.28. The Kier molecular flexibility index (Phi) is 6.89. The van der Waals surface area contributed by atoms with Gasteiger partial charge in [-0.1, -0.05) is 42.1 Å². The lowest BCUT2D eigenvalue weighted by molar-refractivity contribution is -0.115. The van der Waals surface area contributed by atoms with Gasteiger partial charge >= 0.3 is 0 Å². The molecule has 2 heterocycles. The van der Waals surface area contributed by atoms with Crippen LogP contribution in [0.1, 0.15) is 18.3 Å². The number of thioether (sulfide) groups is 1. The Labute approximate surface area is 186 Å². The second kappa shape index (κ2) is 9.98. The van der Waals surface area contributed by atoms with Gasteiger partial charge in [0.1, 0.15) is 5.82 Å². The van der Waals surface area contributed by atoms with E-state index in [1.807, 2.05) is 60.9 Å². The maximum Gasteiger partial charge on any atom is 0.237 e. The van der Waals surface area contributed by atoms with E-state index in [0.717, 1.165) is 48.7 Å². The van der Waals surface area contributed by atoms with E-state index in [1.165, 1.54) is 17.3 Å². The molecule has 0 aliphatic carbocycles. The average molecular weight is 438 g/mol. The maximum absolute atomic E-state index is 12.8. The number of aromatic nitrogens is 3. The van der Waals surface area contributed by atoms with Crippen molar-refractivity contribution in [1.29, 1.82) is 0 Å². The van der Waals surface area contributed by atoms with E-state index in [0.29, 0.717) is 6.54 Å². The lowest BCUT2D eigenvalue weighted by Crippen LogP contribution is -2.36. The second-order valence-corrected chi connectivity index (χ2v) is 8.81. The zero-order valence-corrected chi connectivity index (χ0v) is 18.6. The number of morpholine rings is 1. The Bertz CT molecular complexity index is 1000. The number of anilines is 2. The smallest absolute Gasteiger partial charge is 0.237 e. The van der Waals surface area contributed by atoms with Crippen molar-refractivity contribution in [2.45, 2.75) is 30.8 Å². The Morgan fingerprint density at radius 2 is 1.81 bits per heavy atom. The number of nitrogens with zero attached hydrogens (tertiary/aromatic N) is 4. The highest BCUT2D eigenvalue weighted by Crippen LogP contribution is 2.25. The molecular weight excluding hydrogens is 410 g/mol.